The number of aromatic amines is 2. The van der Waals surface area contributed by atoms with Gasteiger partial charge >= 0.3 is 15.6 Å². The quantitative estimate of drug-likeness (QED) is 0.0968. The molecule has 46 heavy (non-hydrogen) atoms. The summed E-state index contributed by atoms with van der Waals surface area (Å²) in [5, 5.41) is 22.2. The predicted octanol–water partition coefficient (Wildman–Crippen LogP) is -3.05. The third-order valence-corrected chi connectivity index (χ3v) is 9.35. The van der Waals surface area contributed by atoms with Gasteiger partial charge in [-0.15, -0.1) is 0 Å². The van der Waals surface area contributed by atoms with Crippen LogP contribution in [-0.4, -0.2) is 109 Å². The number of imidazole rings is 2. The van der Waals surface area contributed by atoms with Gasteiger partial charge in [0.05, 0.1) is 25.9 Å². The molecule has 24 nitrogen and oxygen atoms in total. The third-order valence-electron chi connectivity index (χ3n) is 7.38. The Morgan fingerprint density at radius 3 is 1.54 bits per heavy atom. The van der Waals surface area contributed by atoms with Crippen molar-refractivity contribution in [1.82, 2.24) is 39.0 Å². The molecule has 3 saturated heterocycles. The third kappa shape index (κ3) is 5.33. The van der Waals surface area contributed by atoms with Crippen LogP contribution >= 0.6 is 15.6 Å². The molecule has 3 aliphatic rings. The Hall–Kier alpha value is -3.64. The first-order valence-electron chi connectivity index (χ1n) is 13.1. The van der Waals surface area contributed by atoms with E-state index in [2.05, 4.69) is 29.9 Å². The first-order valence-corrected chi connectivity index (χ1v) is 16.1. The number of phosphoric acid groups is 2. The molecule has 3 fully saturated rings. The Labute approximate surface area is 253 Å². The van der Waals surface area contributed by atoms with Crippen molar-refractivity contribution < 1.29 is 56.7 Å². The number of aliphatic hydroxyl groups is 2. The Morgan fingerprint density at radius 2 is 1.15 bits per heavy atom. The van der Waals surface area contributed by atoms with Gasteiger partial charge in [-0.25, -0.2) is 19.1 Å². The van der Waals surface area contributed by atoms with Gasteiger partial charge in [0.25, 0.3) is 11.1 Å². The Balaban J connectivity index is 1.18. The van der Waals surface area contributed by atoms with Crippen molar-refractivity contribution in [1.29, 1.82) is 0 Å². The molecule has 0 radical (unpaired) electrons. The van der Waals surface area contributed by atoms with Crippen molar-refractivity contribution in [3.63, 3.8) is 0 Å². The number of nitrogens with zero attached hydrogens (tertiary/aromatic N) is 6. The van der Waals surface area contributed by atoms with Crippen molar-refractivity contribution in [3.05, 3.63) is 33.4 Å². The van der Waals surface area contributed by atoms with Gasteiger partial charge in [-0.1, -0.05) is 0 Å². The van der Waals surface area contributed by atoms with Crippen LogP contribution < -0.4 is 22.6 Å². The van der Waals surface area contributed by atoms with E-state index in [1.807, 2.05) is 0 Å². The minimum atomic E-state index is -5.10. The second kappa shape index (κ2) is 11.0. The molecule has 0 bridgehead atoms. The summed E-state index contributed by atoms with van der Waals surface area (Å²) in [6.45, 7) is -1.74. The fourth-order valence-electron chi connectivity index (χ4n) is 5.39. The highest BCUT2D eigenvalue weighted by Gasteiger charge is 2.54. The van der Waals surface area contributed by atoms with Crippen molar-refractivity contribution >= 4 is 49.9 Å². The molecule has 0 aromatic carbocycles. The Morgan fingerprint density at radius 1 is 0.761 bits per heavy atom. The lowest BCUT2D eigenvalue weighted by Crippen LogP contribution is -2.39. The maximum Gasteiger partial charge on any atom is 0.472 e. The number of aliphatic hydroxyl groups excluding tert-OH is 2. The zero-order valence-corrected chi connectivity index (χ0v) is 24.6. The van der Waals surface area contributed by atoms with Crippen LogP contribution in [0.1, 0.15) is 12.5 Å². The summed E-state index contributed by atoms with van der Waals surface area (Å²) in [5.74, 6) is -0.561. The fourth-order valence-corrected chi connectivity index (χ4v) is 7.32. The van der Waals surface area contributed by atoms with Crippen LogP contribution in [0, 0.1) is 0 Å². The van der Waals surface area contributed by atoms with E-state index in [-0.39, 0.29) is 34.2 Å². The minimum absolute atomic E-state index is 0.121. The summed E-state index contributed by atoms with van der Waals surface area (Å²) in [5.41, 5.74) is 9.28. The van der Waals surface area contributed by atoms with Gasteiger partial charge in [0.1, 0.15) is 36.6 Å². The number of hydrogen-bond donors (Lipinski definition) is 8. The van der Waals surface area contributed by atoms with E-state index in [0.29, 0.717) is 0 Å². The summed E-state index contributed by atoms with van der Waals surface area (Å²) in [4.78, 5) is 65.9. The van der Waals surface area contributed by atoms with E-state index in [4.69, 9.17) is 39.0 Å². The molecule has 10 atom stereocenters. The second-order valence-corrected chi connectivity index (χ2v) is 13.1. The van der Waals surface area contributed by atoms with Crippen LogP contribution in [0.3, 0.4) is 0 Å². The fraction of sp³-hybridized carbons (Fsp3) is 0.500. The molecule has 4 aromatic rings. The van der Waals surface area contributed by atoms with Crippen LogP contribution in [0.4, 0.5) is 11.9 Å². The Kier molecular flexibility index (Phi) is 7.39. The number of rotatable bonds is 2. The highest BCUT2D eigenvalue weighted by Crippen LogP contribution is 2.53. The molecule has 248 valence electrons. The molecule has 7 heterocycles. The number of nitrogens with one attached hydrogen (secondary N) is 2. The maximum atomic E-state index is 13.1. The SMILES string of the molecule is Nc1nc2c(ncn2[C@@H]2O[C@@H]3COP(=O)(O)OC4[C@@H](COP(=O)(O)OC3[C@@H]2O)O[C@@H](n2cnc3c(=O)[nH]c(N)nc32)[C@H]4O)c(=O)[nH]1. The summed E-state index contributed by atoms with van der Waals surface area (Å²) >= 11 is 0. The van der Waals surface area contributed by atoms with Gasteiger partial charge in [-0.05, 0) is 0 Å². The van der Waals surface area contributed by atoms with E-state index >= 15 is 0 Å². The number of nitrogens with two attached hydrogens (primary N) is 2. The number of ether oxygens (including phenoxy) is 2. The van der Waals surface area contributed by atoms with Crippen molar-refractivity contribution in [2.24, 2.45) is 0 Å². The molecule has 3 aliphatic heterocycles. The molecule has 0 aliphatic carbocycles. The van der Waals surface area contributed by atoms with Crippen molar-refractivity contribution in [2.45, 2.75) is 49.1 Å². The van der Waals surface area contributed by atoms with E-state index < -0.39 is 89.1 Å². The highest BCUT2D eigenvalue weighted by atomic mass is 31.2. The molecule has 26 heteroatoms. The largest absolute Gasteiger partial charge is 0.472 e. The van der Waals surface area contributed by atoms with Crippen LogP contribution in [0.5, 0.6) is 0 Å². The number of anilines is 2. The molecule has 10 N–H and O–H groups in total. The molecule has 4 unspecified atom stereocenters. The molecule has 0 saturated carbocycles. The number of nitrogen functional groups attached to an aromatic ring is 2. The summed E-state index contributed by atoms with van der Waals surface area (Å²) in [7, 11) is -10.2. The van der Waals surface area contributed by atoms with Crippen LogP contribution in [0.25, 0.3) is 22.3 Å². The van der Waals surface area contributed by atoms with Gasteiger partial charge in [0.15, 0.2) is 34.8 Å². The summed E-state index contributed by atoms with van der Waals surface area (Å²) in [6, 6.07) is 0. The number of aromatic nitrogens is 8. The highest BCUT2D eigenvalue weighted by molar-refractivity contribution is 7.47. The molecule has 7 rings (SSSR count). The number of hydrogen-bond acceptors (Lipinski definition) is 18. The van der Waals surface area contributed by atoms with Crippen LogP contribution in [0.2, 0.25) is 0 Å². The molecular weight excluding hydrogens is 666 g/mol. The summed E-state index contributed by atoms with van der Waals surface area (Å²) in [6.07, 6.45) is -10.9. The smallest absolute Gasteiger partial charge is 0.386 e. The van der Waals surface area contributed by atoms with E-state index in [1.165, 1.54) is 0 Å². The van der Waals surface area contributed by atoms with Gasteiger partial charge in [0, 0.05) is 0 Å². The second-order valence-electron chi connectivity index (χ2n) is 10.3. The first kappa shape index (κ1) is 31.0. The number of phosphoric ester groups is 2. The zero-order valence-electron chi connectivity index (χ0n) is 22.8. The normalized spacial score (nSPS) is 37.1. The van der Waals surface area contributed by atoms with Gasteiger partial charge in [0.2, 0.25) is 11.9 Å². The van der Waals surface area contributed by atoms with Gasteiger partial charge in [-0.2, -0.15) is 9.97 Å². The van der Waals surface area contributed by atoms with Crippen LogP contribution in [0.15, 0.2) is 22.2 Å². The number of fused-ring (bicyclic) bond motifs is 4. The molecular formula is C20H24N10O14P2. The molecule has 0 amide bonds. The maximum absolute atomic E-state index is 13.1. The first-order chi connectivity index (χ1) is 21.7. The molecule has 4 aromatic heterocycles. The van der Waals surface area contributed by atoms with E-state index in [1.54, 1.807) is 0 Å². The van der Waals surface area contributed by atoms with E-state index in [0.717, 1.165) is 21.8 Å². The monoisotopic (exact) mass is 690 g/mol. The average Bonchev–Trinajstić information content (AvgIpc) is 3.72. The van der Waals surface area contributed by atoms with Gasteiger partial charge in [-0.3, -0.25) is 46.8 Å². The summed E-state index contributed by atoms with van der Waals surface area (Å²) < 4.78 is 60.5. The van der Waals surface area contributed by atoms with Crippen LogP contribution in [-0.2, 0) is 36.7 Å². The molecule has 0 spiro atoms. The van der Waals surface area contributed by atoms with E-state index in [9.17, 15) is 38.7 Å². The lowest BCUT2D eigenvalue weighted by molar-refractivity contribution is -0.0664. The zero-order chi connectivity index (χ0) is 32.7. The predicted molar refractivity (Wildman–Crippen MR) is 146 cm³/mol. The topological polar surface area (TPSA) is 350 Å². The van der Waals surface area contributed by atoms with Crippen molar-refractivity contribution in [3.8, 4) is 0 Å². The van der Waals surface area contributed by atoms with Gasteiger partial charge < -0.3 is 40.9 Å². The lowest BCUT2D eigenvalue weighted by Gasteiger charge is -2.27. The average molecular weight is 690 g/mol. The Bertz CT molecular complexity index is 1900. The van der Waals surface area contributed by atoms with Crippen molar-refractivity contribution in [2.75, 3.05) is 24.7 Å². The number of H-pyrrole nitrogens is 2. The minimum Gasteiger partial charge on any atom is -0.386 e. The standard InChI is InChI=1S/C20H24N10O14P2/c21-19-25-13-7(15(33)27-19)23-3-29(13)17-9(31)11-5(41-17)1-39-45(35,36)44-12-6(2-40-46(37,38)43-11)42-18(10(12)32)30-4-24-8-14(30)26-20(22)28-16(8)34/h3-6,9-12,17-18,31-32H,1-2H2,(H,35,36)(H,37,38)(H3,21,25,27,33)(H3,22,26,28,34)/t5-,6-,9+,10+,11?,12?,17-,18-/m1/s1. The lowest BCUT2D eigenvalue weighted by atomic mass is 10.1.